The minimum atomic E-state index is -1.04. The van der Waals surface area contributed by atoms with Crippen LogP contribution in [0.1, 0.15) is 22.8 Å². The van der Waals surface area contributed by atoms with Crippen molar-refractivity contribution in [1.29, 1.82) is 0 Å². The van der Waals surface area contributed by atoms with Crippen LogP contribution in [0.2, 0.25) is 0 Å². The molecule has 0 spiro atoms. The summed E-state index contributed by atoms with van der Waals surface area (Å²) in [6, 6.07) is 11.5. The summed E-state index contributed by atoms with van der Waals surface area (Å²) >= 11 is 0. The van der Waals surface area contributed by atoms with Crippen LogP contribution in [-0.2, 0) is 9.53 Å². The number of amides is 1. The van der Waals surface area contributed by atoms with E-state index in [9.17, 15) is 14.7 Å². The fourth-order valence-corrected chi connectivity index (χ4v) is 2.07. The van der Waals surface area contributed by atoms with Gasteiger partial charge in [-0.15, -0.1) is 0 Å². The number of carbonyl (C=O) groups is 2. The molecule has 2 aromatic carbocycles. The van der Waals surface area contributed by atoms with Crippen LogP contribution in [0.3, 0.4) is 0 Å². The molecule has 0 aromatic heterocycles. The maximum Gasteiger partial charge on any atom is 0.342 e. The molecule has 24 heavy (non-hydrogen) atoms. The highest BCUT2D eigenvalue weighted by atomic mass is 16.5. The summed E-state index contributed by atoms with van der Waals surface area (Å²) in [4.78, 5) is 24.3. The number of benzene rings is 2. The van der Waals surface area contributed by atoms with Gasteiger partial charge in [0.2, 0.25) is 0 Å². The number of aromatic hydroxyl groups is 1. The maximum atomic E-state index is 12.2. The number of carbonyl (C=O) groups excluding carboxylic acids is 2. The van der Waals surface area contributed by atoms with Gasteiger partial charge < -0.3 is 19.9 Å². The summed E-state index contributed by atoms with van der Waals surface area (Å²) in [5, 5.41) is 12.4. The molecule has 0 bridgehead atoms. The molecular weight excluding hydrogens is 310 g/mol. The van der Waals surface area contributed by atoms with E-state index in [1.165, 1.54) is 26.2 Å². The molecule has 0 heterocycles. The molecule has 0 fully saturated rings. The number of nitrogens with one attached hydrogen (secondary N) is 1. The summed E-state index contributed by atoms with van der Waals surface area (Å²) in [5.74, 6) is -0.951. The fraction of sp³-hybridized carbons (Fsp3) is 0.222. The second kappa shape index (κ2) is 7.50. The van der Waals surface area contributed by atoms with Gasteiger partial charge in [-0.2, -0.15) is 0 Å². The molecule has 1 unspecified atom stereocenters. The Morgan fingerprint density at radius 2 is 1.88 bits per heavy atom. The Morgan fingerprint density at radius 1 is 1.17 bits per heavy atom. The zero-order valence-electron chi connectivity index (χ0n) is 13.7. The molecule has 0 aliphatic carbocycles. The Morgan fingerprint density at radius 3 is 2.54 bits per heavy atom. The Bertz CT molecular complexity index is 757. The normalized spacial score (nSPS) is 11.5. The predicted molar refractivity (Wildman–Crippen MR) is 89.3 cm³/mol. The lowest BCUT2D eigenvalue weighted by molar-refractivity contribution is -0.123. The fourth-order valence-electron chi connectivity index (χ4n) is 2.07. The number of esters is 1. The molecule has 6 heteroatoms. The predicted octanol–water partition coefficient (Wildman–Crippen LogP) is 2.89. The Kier molecular flexibility index (Phi) is 5.42. The number of rotatable bonds is 5. The van der Waals surface area contributed by atoms with E-state index in [0.717, 1.165) is 5.56 Å². The van der Waals surface area contributed by atoms with Crippen LogP contribution in [0.5, 0.6) is 11.5 Å². The van der Waals surface area contributed by atoms with Gasteiger partial charge >= 0.3 is 5.97 Å². The van der Waals surface area contributed by atoms with Crippen molar-refractivity contribution in [1.82, 2.24) is 0 Å². The second-order valence-corrected chi connectivity index (χ2v) is 5.26. The summed E-state index contributed by atoms with van der Waals surface area (Å²) in [5.41, 5.74) is 1.30. The third-order valence-electron chi connectivity index (χ3n) is 3.39. The van der Waals surface area contributed by atoms with Crippen molar-refractivity contribution in [3.05, 3.63) is 53.6 Å². The van der Waals surface area contributed by atoms with Crippen molar-refractivity contribution in [3.8, 4) is 11.5 Å². The molecule has 1 atom stereocenters. The molecule has 6 nitrogen and oxygen atoms in total. The zero-order chi connectivity index (χ0) is 17.7. The highest BCUT2D eigenvalue weighted by molar-refractivity contribution is 5.99. The van der Waals surface area contributed by atoms with Crippen molar-refractivity contribution >= 4 is 17.6 Å². The lowest BCUT2D eigenvalue weighted by atomic mass is 10.1. The number of hydrogen-bond acceptors (Lipinski definition) is 5. The zero-order valence-corrected chi connectivity index (χ0v) is 13.7. The molecular formula is C18H19NO5. The van der Waals surface area contributed by atoms with Crippen LogP contribution in [0.25, 0.3) is 0 Å². The third kappa shape index (κ3) is 4.04. The number of ether oxygens (including phenoxy) is 2. The summed E-state index contributed by atoms with van der Waals surface area (Å²) < 4.78 is 10.3. The minimum Gasteiger partial charge on any atom is -0.507 e. The molecule has 0 radical (unpaired) electrons. The largest absolute Gasteiger partial charge is 0.507 e. The number of anilines is 1. The second-order valence-electron chi connectivity index (χ2n) is 5.26. The first-order valence-electron chi connectivity index (χ1n) is 7.37. The quantitative estimate of drug-likeness (QED) is 0.824. The Labute approximate surface area is 140 Å². The number of hydrogen-bond donors (Lipinski definition) is 2. The highest BCUT2D eigenvalue weighted by Crippen LogP contribution is 2.24. The summed E-state index contributed by atoms with van der Waals surface area (Å²) in [6.07, 6.45) is -1.04. The topological polar surface area (TPSA) is 84.9 Å². The van der Waals surface area contributed by atoms with Crippen molar-refractivity contribution in [2.75, 3.05) is 12.4 Å². The monoisotopic (exact) mass is 329 g/mol. The Balaban J connectivity index is 2.04. The van der Waals surface area contributed by atoms with Crippen molar-refractivity contribution in [3.63, 3.8) is 0 Å². The molecule has 2 rings (SSSR count). The first kappa shape index (κ1) is 17.3. The molecule has 126 valence electrons. The van der Waals surface area contributed by atoms with E-state index in [0.29, 0.717) is 11.4 Å². The van der Waals surface area contributed by atoms with E-state index in [-0.39, 0.29) is 11.3 Å². The van der Waals surface area contributed by atoms with Crippen LogP contribution in [-0.4, -0.2) is 30.2 Å². The molecule has 2 N–H and O–H groups in total. The third-order valence-corrected chi connectivity index (χ3v) is 3.39. The van der Waals surface area contributed by atoms with E-state index in [1.54, 1.807) is 37.3 Å². The SMILES string of the molecule is COc1ccccc1NC(=O)C(C)OC(=O)c1ccc(C)cc1O. The van der Waals surface area contributed by atoms with Gasteiger partial charge in [0.25, 0.3) is 5.91 Å². The van der Waals surface area contributed by atoms with Gasteiger partial charge in [0, 0.05) is 0 Å². The molecule has 0 aliphatic rings. The van der Waals surface area contributed by atoms with Gasteiger partial charge in [-0.1, -0.05) is 18.2 Å². The van der Waals surface area contributed by atoms with Gasteiger partial charge in [-0.05, 0) is 43.7 Å². The number of methoxy groups -OCH3 is 1. The number of aryl methyl sites for hydroxylation is 1. The number of phenolic OH excluding ortho intramolecular Hbond substituents is 1. The lowest BCUT2D eigenvalue weighted by Crippen LogP contribution is -2.30. The van der Waals surface area contributed by atoms with E-state index in [1.807, 2.05) is 0 Å². The van der Waals surface area contributed by atoms with Crippen LogP contribution in [0.4, 0.5) is 5.69 Å². The first-order valence-corrected chi connectivity index (χ1v) is 7.37. The lowest BCUT2D eigenvalue weighted by Gasteiger charge is -2.15. The number of para-hydroxylation sites is 2. The Hall–Kier alpha value is -3.02. The smallest absolute Gasteiger partial charge is 0.342 e. The van der Waals surface area contributed by atoms with Crippen molar-refractivity contribution in [2.24, 2.45) is 0 Å². The minimum absolute atomic E-state index is 0.0116. The molecule has 1 amide bonds. The van der Waals surface area contributed by atoms with E-state index < -0.39 is 18.0 Å². The van der Waals surface area contributed by atoms with Crippen LogP contribution < -0.4 is 10.1 Å². The highest BCUT2D eigenvalue weighted by Gasteiger charge is 2.21. The summed E-state index contributed by atoms with van der Waals surface area (Å²) in [6.45, 7) is 3.24. The van der Waals surface area contributed by atoms with Crippen LogP contribution >= 0.6 is 0 Å². The van der Waals surface area contributed by atoms with Gasteiger partial charge in [-0.25, -0.2) is 4.79 Å². The van der Waals surface area contributed by atoms with Gasteiger partial charge in [0.05, 0.1) is 12.8 Å². The standard InChI is InChI=1S/C18H19NO5/c1-11-8-9-13(15(20)10-11)18(22)24-12(2)17(21)19-14-6-4-5-7-16(14)23-3/h4-10,12,20H,1-3H3,(H,19,21). The van der Waals surface area contributed by atoms with Crippen LogP contribution in [0, 0.1) is 6.92 Å². The summed E-state index contributed by atoms with van der Waals surface area (Å²) in [7, 11) is 1.49. The average Bonchev–Trinajstić information content (AvgIpc) is 2.55. The van der Waals surface area contributed by atoms with Gasteiger partial charge in [0.1, 0.15) is 17.1 Å². The van der Waals surface area contributed by atoms with E-state index in [4.69, 9.17) is 9.47 Å². The number of phenols is 1. The first-order chi connectivity index (χ1) is 11.4. The average molecular weight is 329 g/mol. The molecule has 0 saturated heterocycles. The van der Waals surface area contributed by atoms with E-state index >= 15 is 0 Å². The molecule has 0 saturated carbocycles. The maximum absolute atomic E-state index is 12.2. The molecule has 2 aromatic rings. The van der Waals surface area contributed by atoms with Crippen molar-refractivity contribution in [2.45, 2.75) is 20.0 Å². The van der Waals surface area contributed by atoms with E-state index in [2.05, 4.69) is 5.32 Å². The van der Waals surface area contributed by atoms with Gasteiger partial charge in [-0.3, -0.25) is 4.79 Å². The van der Waals surface area contributed by atoms with Crippen LogP contribution in [0.15, 0.2) is 42.5 Å². The van der Waals surface area contributed by atoms with Crippen molar-refractivity contribution < 1.29 is 24.2 Å². The molecule has 0 aliphatic heterocycles. The van der Waals surface area contributed by atoms with Gasteiger partial charge in [0.15, 0.2) is 6.10 Å².